The fourth-order valence-electron chi connectivity index (χ4n) is 1.91. The fourth-order valence-corrected chi connectivity index (χ4v) is 2.11. The second-order valence-electron chi connectivity index (χ2n) is 4.26. The van der Waals surface area contributed by atoms with E-state index in [-0.39, 0.29) is 0 Å². The van der Waals surface area contributed by atoms with Crippen LogP contribution in [0.25, 0.3) is 10.9 Å². The van der Waals surface area contributed by atoms with Gasteiger partial charge in [0, 0.05) is 18.0 Å². The number of nitrogens with zero attached hydrogens (tertiary/aromatic N) is 2. The summed E-state index contributed by atoms with van der Waals surface area (Å²) in [6.07, 6.45) is 2.66. The van der Waals surface area contributed by atoms with Gasteiger partial charge >= 0.3 is 0 Å². The summed E-state index contributed by atoms with van der Waals surface area (Å²) >= 11 is 0. The molecule has 0 saturated carbocycles. The number of rotatable bonds is 2. The lowest BCUT2D eigenvalue weighted by Crippen LogP contribution is -1.98. The Morgan fingerprint density at radius 1 is 0.944 bits per heavy atom. The van der Waals surface area contributed by atoms with Gasteiger partial charge in [0.2, 0.25) is 0 Å². The molecule has 18 heavy (non-hydrogen) atoms. The zero-order valence-electron chi connectivity index (χ0n) is 9.88. The van der Waals surface area contributed by atoms with Crippen molar-refractivity contribution >= 4 is 25.4 Å². The van der Waals surface area contributed by atoms with Crippen molar-refractivity contribution in [3.8, 4) is 0 Å². The minimum absolute atomic E-state index is 0.774. The van der Waals surface area contributed by atoms with Gasteiger partial charge in [-0.1, -0.05) is 42.5 Å². The third-order valence-corrected chi connectivity index (χ3v) is 3.27. The fraction of sp³-hybridized carbons (Fsp3) is 0.0667. The molecule has 0 N–H and O–H groups in total. The maximum Gasteiger partial charge on any atom is 0.133 e. The van der Waals surface area contributed by atoms with Crippen LogP contribution in [0.3, 0.4) is 0 Å². The Labute approximate surface area is 108 Å². The van der Waals surface area contributed by atoms with Crippen LogP contribution >= 0.6 is 9.24 Å². The molecule has 3 rings (SSSR count). The first kappa shape index (κ1) is 11.3. The van der Waals surface area contributed by atoms with Crippen molar-refractivity contribution in [3.05, 3.63) is 66.1 Å². The van der Waals surface area contributed by atoms with E-state index in [0.29, 0.717) is 0 Å². The number of fused-ring (bicyclic) bond motifs is 1. The molecule has 0 aliphatic heterocycles. The van der Waals surface area contributed by atoms with Gasteiger partial charge in [0.1, 0.15) is 5.82 Å². The molecule has 0 saturated heterocycles. The average molecular weight is 252 g/mol. The van der Waals surface area contributed by atoms with E-state index in [1.54, 1.807) is 0 Å². The summed E-state index contributed by atoms with van der Waals surface area (Å²) in [5.74, 6) is 0.866. The van der Waals surface area contributed by atoms with Crippen molar-refractivity contribution in [2.75, 3.05) is 0 Å². The first-order valence-corrected chi connectivity index (χ1v) is 6.44. The predicted molar refractivity (Wildman–Crippen MR) is 78.1 cm³/mol. The summed E-state index contributed by atoms with van der Waals surface area (Å²) in [4.78, 5) is 8.98. The lowest BCUT2D eigenvalue weighted by atomic mass is 10.1. The average Bonchev–Trinajstić information content (AvgIpc) is 2.41. The number of para-hydroxylation sites is 1. The van der Waals surface area contributed by atoms with E-state index in [4.69, 9.17) is 0 Å². The van der Waals surface area contributed by atoms with Crippen LogP contribution in [0.1, 0.15) is 11.4 Å². The summed E-state index contributed by atoms with van der Waals surface area (Å²) in [6.45, 7) is 0. The minimum Gasteiger partial charge on any atom is -0.240 e. The van der Waals surface area contributed by atoms with Gasteiger partial charge in [-0.15, -0.1) is 9.24 Å². The number of hydrogen-bond donors (Lipinski definition) is 0. The second kappa shape index (κ2) is 4.83. The summed E-state index contributed by atoms with van der Waals surface area (Å²) in [5.41, 5.74) is 2.24. The van der Waals surface area contributed by atoms with E-state index < -0.39 is 0 Å². The van der Waals surface area contributed by atoms with E-state index in [1.165, 1.54) is 10.9 Å². The molecule has 88 valence electrons. The van der Waals surface area contributed by atoms with Crippen LogP contribution in [0.5, 0.6) is 0 Å². The molecule has 2 aromatic carbocycles. The molecule has 0 amide bonds. The number of benzene rings is 2. The normalized spacial score (nSPS) is 10.7. The van der Waals surface area contributed by atoms with Crippen molar-refractivity contribution in [3.63, 3.8) is 0 Å². The number of aromatic nitrogens is 2. The molecule has 0 radical (unpaired) electrons. The van der Waals surface area contributed by atoms with E-state index in [0.717, 1.165) is 23.1 Å². The van der Waals surface area contributed by atoms with Crippen LogP contribution in [-0.2, 0) is 6.42 Å². The molecule has 1 atom stereocenters. The van der Waals surface area contributed by atoms with Crippen molar-refractivity contribution < 1.29 is 0 Å². The summed E-state index contributed by atoms with van der Waals surface area (Å²) in [7, 11) is 2.69. The maximum atomic E-state index is 4.58. The highest BCUT2D eigenvalue weighted by atomic mass is 31.0. The van der Waals surface area contributed by atoms with Crippen LogP contribution in [0.4, 0.5) is 0 Å². The molecule has 1 aromatic heterocycles. The first-order valence-electron chi connectivity index (χ1n) is 5.86. The molecule has 2 nitrogen and oxygen atoms in total. The summed E-state index contributed by atoms with van der Waals surface area (Å²) in [5, 5.41) is 2.28. The smallest absolute Gasteiger partial charge is 0.133 e. The van der Waals surface area contributed by atoms with Gasteiger partial charge in [0.15, 0.2) is 0 Å². The molecule has 0 aliphatic carbocycles. The molecule has 0 bridgehead atoms. The van der Waals surface area contributed by atoms with E-state index in [1.807, 2.05) is 30.5 Å². The third-order valence-electron chi connectivity index (χ3n) is 2.88. The molecule has 0 fully saturated rings. The highest BCUT2D eigenvalue weighted by Gasteiger charge is 2.01. The Balaban J connectivity index is 1.92. The molecule has 1 heterocycles. The molecule has 1 unspecified atom stereocenters. The quantitative estimate of drug-likeness (QED) is 0.655. The Morgan fingerprint density at radius 2 is 1.72 bits per heavy atom. The Morgan fingerprint density at radius 3 is 2.56 bits per heavy atom. The van der Waals surface area contributed by atoms with E-state index in [2.05, 4.69) is 43.5 Å². The van der Waals surface area contributed by atoms with Crippen molar-refractivity contribution in [2.24, 2.45) is 0 Å². The van der Waals surface area contributed by atoms with Gasteiger partial charge < -0.3 is 0 Å². The first-order chi connectivity index (χ1) is 8.81. The monoisotopic (exact) mass is 252 g/mol. The lowest BCUT2D eigenvalue weighted by molar-refractivity contribution is 0.993. The van der Waals surface area contributed by atoms with Crippen molar-refractivity contribution in [1.29, 1.82) is 0 Å². The minimum atomic E-state index is 0.774. The number of hydrogen-bond acceptors (Lipinski definition) is 2. The predicted octanol–water partition coefficient (Wildman–Crippen LogP) is 2.72. The summed E-state index contributed by atoms with van der Waals surface area (Å²) in [6, 6.07) is 16.4. The molecular formula is C15H13N2P. The Kier molecular flexibility index (Phi) is 3.04. The molecule has 0 aliphatic rings. The van der Waals surface area contributed by atoms with Gasteiger partial charge in [-0.05, 0) is 16.9 Å². The Hall–Kier alpha value is -1.79. The third kappa shape index (κ3) is 2.39. The Bertz CT molecular complexity index is 677. The maximum absolute atomic E-state index is 4.58. The van der Waals surface area contributed by atoms with Gasteiger partial charge in [-0.2, -0.15) is 0 Å². The largest absolute Gasteiger partial charge is 0.240 e. The van der Waals surface area contributed by atoms with Gasteiger partial charge in [-0.25, -0.2) is 9.97 Å². The highest BCUT2D eigenvalue weighted by Crippen LogP contribution is 2.11. The van der Waals surface area contributed by atoms with Crippen molar-refractivity contribution in [2.45, 2.75) is 6.42 Å². The van der Waals surface area contributed by atoms with Gasteiger partial charge in [-0.3, -0.25) is 0 Å². The molecule has 3 aromatic rings. The van der Waals surface area contributed by atoms with E-state index in [9.17, 15) is 0 Å². The zero-order chi connectivity index (χ0) is 12.4. The van der Waals surface area contributed by atoms with E-state index >= 15 is 0 Å². The lowest BCUT2D eigenvalue weighted by Gasteiger charge is -2.03. The van der Waals surface area contributed by atoms with Crippen LogP contribution in [0.15, 0.2) is 54.7 Å². The standard InChI is InChI=1S/C15H13N2P/c18-13-7-5-11(6-8-13)9-15-16-10-12-3-1-2-4-14(12)17-15/h1-8,10H,9,18H2. The molecule has 0 spiro atoms. The highest BCUT2D eigenvalue weighted by molar-refractivity contribution is 7.27. The second-order valence-corrected chi connectivity index (χ2v) is 4.93. The molecular weight excluding hydrogens is 239 g/mol. The van der Waals surface area contributed by atoms with Gasteiger partial charge in [0.05, 0.1) is 5.52 Å². The SMILES string of the molecule is Pc1ccc(Cc2ncc3ccccc3n2)cc1. The van der Waals surface area contributed by atoms with Crippen molar-refractivity contribution in [1.82, 2.24) is 9.97 Å². The topological polar surface area (TPSA) is 25.8 Å². The van der Waals surface area contributed by atoms with Crippen LogP contribution < -0.4 is 5.30 Å². The molecule has 3 heteroatoms. The summed E-state index contributed by atoms with van der Waals surface area (Å²) < 4.78 is 0. The zero-order valence-corrected chi connectivity index (χ0v) is 11.0. The van der Waals surface area contributed by atoms with Crippen LogP contribution in [0.2, 0.25) is 0 Å². The van der Waals surface area contributed by atoms with Crippen LogP contribution in [-0.4, -0.2) is 9.97 Å². The van der Waals surface area contributed by atoms with Gasteiger partial charge in [0.25, 0.3) is 0 Å². The van der Waals surface area contributed by atoms with Crippen LogP contribution in [0, 0.1) is 0 Å².